The number of carbonyl (C=O) groups is 1. The van der Waals surface area contributed by atoms with Crippen molar-refractivity contribution >= 4 is 23.4 Å². The minimum atomic E-state index is -0.284. The first-order chi connectivity index (χ1) is 8.02. The SMILES string of the molecule is CC(CO)NC(=O)C=Cc1cc(N)ccc1N. The molecule has 1 unspecified atom stereocenters. The average Bonchev–Trinajstić information content (AvgIpc) is 2.30. The molecule has 1 aromatic carbocycles. The molecule has 0 spiro atoms. The topological polar surface area (TPSA) is 101 Å². The van der Waals surface area contributed by atoms with E-state index >= 15 is 0 Å². The van der Waals surface area contributed by atoms with Gasteiger partial charge in [0, 0.05) is 23.5 Å². The summed E-state index contributed by atoms with van der Waals surface area (Å²) in [5.74, 6) is -0.284. The second kappa shape index (κ2) is 5.91. The summed E-state index contributed by atoms with van der Waals surface area (Å²) in [5, 5.41) is 11.4. The number of benzene rings is 1. The molecule has 5 heteroatoms. The second-order valence-electron chi connectivity index (χ2n) is 3.81. The maximum absolute atomic E-state index is 11.4. The van der Waals surface area contributed by atoms with Gasteiger partial charge < -0.3 is 21.9 Å². The van der Waals surface area contributed by atoms with Crippen LogP contribution in [-0.2, 0) is 4.79 Å². The van der Waals surface area contributed by atoms with E-state index in [1.165, 1.54) is 6.08 Å². The van der Waals surface area contributed by atoms with Gasteiger partial charge in [-0.05, 0) is 36.8 Å². The van der Waals surface area contributed by atoms with Crippen molar-refractivity contribution in [3.63, 3.8) is 0 Å². The Labute approximate surface area is 100 Å². The lowest BCUT2D eigenvalue weighted by Gasteiger charge is -2.08. The van der Waals surface area contributed by atoms with Crippen molar-refractivity contribution in [2.75, 3.05) is 18.1 Å². The number of nitrogens with one attached hydrogen (secondary N) is 1. The quantitative estimate of drug-likeness (QED) is 0.447. The van der Waals surface area contributed by atoms with E-state index in [1.54, 1.807) is 31.2 Å². The second-order valence-corrected chi connectivity index (χ2v) is 3.81. The summed E-state index contributed by atoms with van der Waals surface area (Å²) >= 11 is 0. The lowest BCUT2D eigenvalue weighted by Crippen LogP contribution is -2.33. The third-order valence-corrected chi connectivity index (χ3v) is 2.19. The molecule has 1 aromatic rings. The van der Waals surface area contributed by atoms with Crippen LogP contribution in [0.2, 0.25) is 0 Å². The molecule has 0 aliphatic heterocycles. The first kappa shape index (κ1) is 13.1. The van der Waals surface area contributed by atoms with E-state index in [0.29, 0.717) is 16.9 Å². The molecule has 0 aliphatic rings. The van der Waals surface area contributed by atoms with Gasteiger partial charge >= 0.3 is 0 Å². The zero-order valence-corrected chi connectivity index (χ0v) is 9.68. The van der Waals surface area contributed by atoms with Gasteiger partial charge in [-0.3, -0.25) is 4.79 Å². The fourth-order valence-electron chi connectivity index (χ4n) is 1.24. The molecular formula is C12H17N3O2. The fourth-order valence-corrected chi connectivity index (χ4v) is 1.24. The van der Waals surface area contributed by atoms with Gasteiger partial charge in [-0.15, -0.1) is 0 Å². The highest BCUT2D eigenvalue weighted by Crippen LogP contribution is 2.16. The number of nitrogen functional groups attached to an aromatic ring is 2. The molecule has 0 fully saturated rings. The molecule has 0 heterocycles. The van der Waals surface area contributed by atoms with Gasteiger partial charge in [0.15, 0.2) is 0 Å². The minimum Gasteiger partial charge on any atom is -0.399 e. The van der Waals surface area contributed by atoms with Crippen LogP contribution in [0.1, 0.15) is 12.5 Å². The first-order valence-electron chi connectivity index (χ1n) is 5.27. The van der Waals surface area contributed by atoms with E-state index in [0.717, 1.165) is 0 Å². The van der Waals surface area contributed by atoms with Gasteiger partial charge in [0.2, 0.25) is 5.91 Å². The summed E-state index contributed by atoms with van der Waals surface area (Å²) in [6.45, 7) is 1.61. The Bertz CT molecular complexity index is 430. The Morgan fingerprint density at radius 3 is 2.88 bits per heavy atom. The van der Waals surface area contributed by atoms with Crippen LogP contribution in [0.3, 0.4) is 0 Å². The van der Waals surface area contributed by atoms with Crippen LogP contribution in [0, 0.1) is 0 Å². The number of nitrogens with two attached hydrogens (primary N) is 2. The molecular weight excluding hydrogens is 218 g/mol. The largest absolute Gasteiger partial charge is 0.399 e. The van der Waals surface area contributed by atoms with E-state index in [1.807, 2.05) is 0 Å². The first-order valence-corrected chi connectivity index (χ1v) is 5.27. The lowest BCUT2D eigenvalue weighted by atomic mass is 10.1. The van der Waals surface area contributed by atoms with Crippen molar-refractivity contribution < 1.29 is 9.90 Å². The highest BCUT2D eigenvalue weighted by atomic mass is 16.3. The molecule has 92 valence electrons. The van der Waals surface area contributed by atoms with Crippen molar-refractivity contribution in [3.8, 4) is 0 Å². The third kappa shape index (κ3) is 4.16. The number of rotatable bonds is 4. The molecule has 17 heavy (non-hydrogen) atoms. The van der Waals surface area contributed by atoms with Gasteiger partial charge in [-0.1, -0.05) is 0 Å². The normalized spacial score (nSPS) is 12.6. The van der Waals surface area contributed by atoms with Crippen LogP contribution in [-0.4, -0.2) is 23.7 Å². The van der Waals surface area contributed by atoms with Gasteiger partial charge in [0.1, 0.15) is 0 Å². The molecule has 5 nitrogen and oxygen atoms in total. The third-order valence-electron chi connectivity index (χ3n) is 2.19. The molecule has 0 saturated carbocycles. The summed E-state index contributed by atoms with van der Waals surface area (Å²) < 4.78 is 0. The predicted molar refractivity (Wildman–Crippen MR) is 69.0 cm³/mol. The van der Waals surface area contributed by atoms with Gasteiger partial charge in [0.25, 0.3) is 0 Å². The summed E-state index contributed by atoms with van der Waals surface area (Å²) in [5.41, 5.74) is 13.2. The van der Waals surface area contributed by atoms with Crippen LogP contribution in [0.25, 0.3) is 6.08 Å². The Kier molecular flexibility index (Phi) is 4.54. The Morgan fingerprint density at radius 2 is 2.24 bits per heavy atom. The maximum Gasteiger partial charge on any atom is 0.244 e. The van der Waals surface area contributed by atoms with Crippen LogP contribution < -0.4 is 16.8 Å². The summed E-state index contributed by atoms with van der Waals surface area (Å²) in [4.78, 5) is 11.4. The summed E-state index contributed by atoms with van der Waals surface area (Å²) in [6, 6.07) is 4.80. The molecule has 6 N–H and O–H groups in total. The maximum atomic E-state index is 11.4. The number of anilines is 2. The molecule has 0 radical (unpaired) electrons. The van der Waals surface area contributed by atoms with E-state index in [9.17, 15) is 4.79 Å². The molecule has 0 aromatic heterocycles. The van der Waals surface area contributed by atoms with Crippen molar-refractivity contribution in [2.24, 2.45) is 0 Å². The lowest BCUT2D eigenvalue weighted by molar-refractivity contribution is -0.117. The van der Waals surface area contributed by atoms with Crippen molar-refractivity contribution in [1.29, 1.82) is 0 Å². The summed E-state index contributed by atoms with van der Waals surface area (Å²) in [6.07, 6.45) is 2.95. The Morgan fingerprint density at radius 1 is 1.53 bits per heavy atom. The molecule has 0 saturated heterocycles. The van der Waals surface area contributed by atoms with Crippen LogP contribution in [0.5, 0.6) is 0 Å². The van der Waals surface area contributed by atoms with E-state index in [-0.39, 0.29) is 18.6 Å². The van der Waals surface area contributed by atoms with Gasteiger partial charge in [0.05, 0.1) is 6.61 Å². The smallest absolute Gasteiger partial charge is 0.244 e. The Balaban J connectivity index is 2.70. The van der Waals surface area contributed by atoms with E-state index in [4.69, 9.17) is 16.6 Å². The van der Waals surface area contributed by atoms with Crippen molar-refractivity contribution in [2.45, 2.75) is 13.0 Å². The highest BCUT2D eigenvalue weighted by molar-refractivity contribution is 5.92. The molecule has 1 amide bonds. The minimum absolute atomic E-state index is 0.0972. The summed E-state index contributed by atoms with van der Waals surface area (Å²) in [7, 11) is 0. The number of aliphatic hydroxyl groups is 1. The van der Waals surface area contributed by atoms with Crippen LogP contribution in [0.15, 0.2) is 24.3 Å². The number of hydrogen-bond acceptors (Lipinski definition) is 4. The van der Waals surface area contributed by atoms with Crippen LogP contribution >= 0.6 is 0 Å². The van der Waals surface area contributed by atoms with E-state index < -0.39 is 0 Å². The highest BCUT2D eigenvalue weighted by Gasteiger charge is 2.02. The molecule has 1 rings (SSSR count). The zero-order valence-electron chi connectivity index (χ0n) is 9.68. The monoisotopic (exact) mass is 235 g/mol. The fraction of sp³-hybridized carbons (Fsp3) is 0.250. The Hall–Kier alpha value is -2.01. The zero-order chi connectivity index (χ0) is 12.8. The van der Waals surface area contributed by atoms with Crippen LogP contribution in [0.4, 0.5) is 11.4 Å². The number of hydrogen-bond donors (Lipinski definition) is 4. The number of carbonyl (C=O) groups excluding carboxylic acids is 1. The molecule has 0 aliphatic carbocycles. The van der Waals surface area contributed by atoms with Crippen molar-refractivity contribution in [1.82, 2.24) is 5.32 Å². The van der Waals surface area contributed by atoms with Gasteiger partial charge in [-0.2, -0.15) is 0 Å². The van der Waals surface area contributed by atoms with Gasteiger partial charge in [-0.25, -0.2) is 0 Å². The standard InChI is InChI=1S/C12H17N3O2/c1-8(7-16)15-12(17)5-2-9-6-10(13)3-4-11(9)14/h2-6,8,16H,7,13-14H2,1H3,(H,15,17). The number of amides is 1. The average molecular weight is 235 g/mol. The molecule has 1 atom stereocenters. The van der Waals surface area contributed by atoms with E-state index in [2.05, 4.69) is 5.32 Å². The number of aliphatic hydroxyl groups excluding tert-OH is 1. The predicted octanol–water partition coefficient (Wildman–Crippen LogP) is 0.361. The molecule has 0 bridgehead atoms. The van der Waals surface area contributed by atoms with Crippen molar-refractivity contribution in [3.05, 3.63) is 29.8 Å².